The zero-order chi connectivity index (χ0) is 17.1. The molecule has 0 unspecified atom stereocenters. The minimum atomic E-state index is -0.212. The van der Waals surface area contributed by atoms with E-state index in [0.717, 1.165) is 22.3 Å². The second kappa shape index (κ2) is 6.62. The summed E-state index contributed by atoms with van der Waals surface area (Å²) in [6.45, 7) is 0.533. The number of hydrogen-bond donors (Lipinski definition) is 3. The third-order valence-corrected chi connectivity index (χ3v) is 3.90. The molecule has 0 fully saturated rings. The normalized spacial score (nSPS) is 10.8. The van der Waals surface area contributed by atoms with Crippen molar-refractivity contribution < 1.29 is 4.79 Å². The first-order valence-corrected chi connectivity index (χ1v) is 7.79. The van der Waals surface area contributed by atoms with Gasteiger partial charge in [0.2, 0.25) is 0 Å². The Morgan fingerprint density at radius 2 is 1.88 bits per heavy atom. The molecule has 3 aromatic rings. The van der Waals surface area contributed by atoms with Gasteiger partial charge in [0.05, 0.1) is 11.0 Å². The second-order valence-corrected chi connectivity index (χ2v) is 5.91. The predicted octanol–water partition coefficient (Wildman–Crippen LogP) is 1.89. The highest BCUT2D eigenvalue weighted by molar-refractivity contribution is 5.95. The fraction of sp³-hybridized carbons (Fsp3) is 0.222. The molecular weight excluding hydrogens is 304 g/mol. The topological polar surface area (TPSA) is 81.0 Å². The molecule has 0 aliphatic heterocycles. The minimum Gasteiger partial charge on any atom is -0.378 e. The first-order chi connectivity index (χ1) is 11.5. The van der Waals surface area contributed by atoms with Crippen LogP contribution in [0.3, 0.4) is 0 Å². The number of anilines is 1. The molecule has 0 atom stereocenters. The lowest BCUT2D eigenvalue weighted by Crippen LogP contribution is -2.25. The Morgan fingerprint density at radius 3 is 2.67 bits per heavy atom. The zero-order valence-corrected chi connectivity index (χ0v) is 13.7. The van der Waals surface area contributed by atoms with Crippen molar-refractivity contribution in [3.63, 3.8) is 0 Å². The quantitative estimate of drug-likeness (QED) is 0.670. The van der Waals surface area contributed by atoms with Gasteiger partial charge >= 0.3 is 5.69 Å². The molecule has 6 nitrogen and oxygen atoms in total. The summed E-state index contributed by atoms with van der Waals surface area (Å²) in [5.41, 5.74) is 4.04. The molecule has 3 rings (SSSR count). The van der Waals surface area contributed by atoms with Crippen LogP contribution in [0.1, 0.15) is 15.9 Å². The zero-order valence-electron chi connectivity index (χ0n) is 13.7. The van der Waals surface area contributed by atoms with E-state index in [2.05, 4.69) is 15.3 Å². The second-order valence-electron chi connectivity index (χ2n) is 5.91. The van der Waals surface area contributed by atoms with Crippen LogP contribution in [0, 0.1) is 0 Å². The highest BCUT2D eigenvalue weighted by atomic mass is 16.1. The van der Waals surface area contributed by atoms with Gasteiger partial charge in [-0.15, -0.1) is 0 Å². The van der Waals surface area contributed by atoms with Crippen LogP contribution in [0.2, 0.25) is 0 Å². The van der Waals surface area contributed by atoms with Crippen LogP contribution in [-0.2, 0) is 6.42 Å². The van der Waals surface area contributed by atoms with Crippen molar-refractivity contribution in [3.8, 4) is 0 Å². The average molecular weight is 324 g/mol. The SMILES string of the molecule is CN(C)c1cccc(C(=O)NCCc2ccc3[nH]c(=O)[nH]c3c2)c1. The van der Waals surface area contributed by atoms with Crippen molar-refractivity contribution in [2.45, 2.75) is 6.42 Å². The number of carbonyl (C=O) groups is 1. The molecule has 0 aliphatic carbocycles. The molecule has 1 aromatic heterocycles. The largest absolute Gasteiger partial charge is 0.378 e. The van der Waals surface area contributed by atoms with Crippen LogP contribution in [0.5, 0.6) is 0 Å². The molecule has 1 amide bonds. The number of H-pyrrole nitrogens is 2. The van der Waals surface area contributed by atoms with Gasteiger partial charge in [-0.25, -0.2) is 4.79 Å². The lowest BCUT2D eigenvalue weighted by Gasteiger charge is -2.13. The third kappa shape index (κ3) is 3.48. The van der Waals surface area contributed by atoms with E-state index in [1.807, 2.05) is 55.4 Å². The van der Waals surface area contributed by atoms with Crippen LogP contribution in [0.25, 0.3) is 11.0 Å². The Kier molecular flexibility index (Phi) is 4.37. The Bertz CT molecular complexity index is 924. The first kappa shape index (κ1) is 15.9. The molecule has 0 saturated carbocycles. The van der Waals surface area contributed by atoms with E-state index < -0.39 is 0 Å². The number of rotatable bonds is 5. The summed E-state index contributed by atoms with van der Waals surface area (Å²) in [6, 6.07) is 13.2. The van der Waals surface area contributed by atoms with Crippen molar-refractivity contribution in [1.82, 2.24) is 15.3 Å². The maximum Gasteiger partial charge on any atom is 0.323 e. The lowest BCUT2D eigenvalue weighted by atomic mass is 10.1. The summed E-state index contributed by atoms with van der Waals surface area (Å²) >= 11 is 0. The van der Waals surface area contributed by atoms with Gasteiger partial charge in [-0.2, -0.15) is 0 Å². The monoisotopic (exact) mass is 324 g/mol. The summed E-state index contributed by atoms with van der Waals surface area (Å²) in [6.07, 6.45) is 0.697. The molecule has 24 heavy (non-hydrogen) atoms. The maximum absolute atomic E-state index is 12.2. The molecule has 3 N–H and O–H groups in total. The lowest BCUT2D eigenvalue weighted by molar-refractivity contribution is 0.0954. The summed E-state index contributed by atoms with van der Waals surface area (Å²) in [5, 5.41) is 2.93. The number of nitrogens with zero attached hydrogens (tertiary/aromatic N) is 1. The van der Waals surface area contributed by atoms with Crippen LogP contribution < -0.4 is 15.9 Å². The van der Waals surface area contributed by atoms with Gasteiger partial charge in [-0.1, -0.05) is 12.1 Å². The Labute approximate surface area is 139 Å². The summed E-state index contributed by atoms with van der Waals surface area (Å²) in [4.78, 5) is 30.9. The standard InChI is InChI=1S/C18H20N4O2/c1-22(2)14-5-3-4-13(11-14)17(23)19-9-8-12-6-7-15-16(10-12)21-18(24)20-15/h3-7,10-11H,8-9H2,1-2H3,(H,19,23)(H2,20,21,24). The van der Waals surface area contributed by atoms with E-state index in [1.165, 1.54) is 0 Å². The van der Waals surface area contributed by atoms with E-state index in [1.54, 1.807) is 6.07 Å². The van der Waals surface area contributed by atoms with Gasteiger partial charge in [0.1, 0.15) is 0 Å². The smallest absolute Gasteiger partial charge is 0.323 e. The van der Waals surface area contributed by atoms with E-state index in [-0.39, 0.29) is 11.6 Å². The number of fused-ring (bicyclic) bond motifs is 1. The van der Waals surface area contributed by atoms with Gasteiger partial charge in [-0.05, 0) is 42.3 Å². The highest BCUT2D eigenvalue weighted by Gasteiger charge is 2.07. The molecule has 6 heteroatoms. The van der Waals surface area contributed by atoms with Crippen LogP contribution in [0.15, 0.2) is 47.3 Å². The molecule has 0 aliphatic rings. The van der Waals surface area contributed by atoms with Gasteiger partial charge in [0.25, 0.3) is 5.91 Å². The minimum absolute atomic E-state index is 0.0881. The van der Waals surface area contributed by atoms with Gasteiger partial charge in [-0.3, -0.25) is 4.79 Å². The number of aromatic nitrogens is 2. The molecule has 124 valence electrons. The molecule has 2 aromatic carbocycles. The number of nitrogens with one attached hydrogen (secondary N) is 3. The van der Waals surface area contributed by atoms with Crippen LogP contribution >= 0.6 is 0 Å². The first-order valence-electron chi connectivity index (χ1n) is 7.79. The number of carbonyl (C=O) groups excluding carboxylic acids is 1. The van der Waals surface area contributed by atoms with E-state index in [9.17, 15) is 9.59 Å². The van der Waals surface area contributed by atoms with Gasteiger partial charge in [0.15, 0.2) is 0 Å². The van der Waals surface area contributed by atoms with Crippen molar-refractivity contribution >= 4 is 22.6 Å². The molecule has 0 saturated heterocycles. The van der Waals surface area contributed by atoms with Crippen LogP contribution in [0.4, 0.5) is 5.69 Å². The van der Waals surface area contributed by atoms with E-state index in [4.69, 9.17) is 0 Å². The molecule has 0 bridgehead atoms. The Morgan fingerprint density at radius 1 is 1.08 bits per heavy atom. The van der Waals surface area contributed by atoms with Crippen molar-refractivity contribution in [2.24, 2.45) is 0 Å². The molecule has 1 heterocycles. The summed E-state index contributed by atoms with van der Waals surface area (Å²) in [7, 11) is 3.89. The Hall–Kier alpha value is -3.02. The van der Waals surface area contributed by atoms with Crippen molar-refractivity contribution in [2.75, 3.05) is 25.5 Å². The number of aromatic amines is 2. The van der Waals surface area contributed by atoms with Crippen molar-refractivity contribution in [1.29, 1.82) is 0 Å². The summed E-state index contributed by atoms with van der Waals surface area (Å²) in [5.74, 6) is -0.0881. The number of imidazole rings is 1. The number of hydrogen-bond acceptors (Lipinski definition) is 3. The summed E-state index contributed by atoms with van der Waals surface area (Å²) < 4.78 is 0. The van der Waals surface area contributed by atoms with Crippen LogP contribution in [-0.4, -0.2) is 36.5 Å². The Balaban J connectivity index is 1.61. The van der Waals surface area contributed by atoms with Gasteiger partial charge < -0.3 is 20.2 Å². The fourth-order valence-electron chi connectivity index (χ4n) is 2.58. The average Bonchev–Trinajstić information content (AvgIpc) is 2.94. The van der Waals surface area contributed by atoms with Crippen molar-refractivity contribution in [3.05, 3.63) is 64.1 Å². The van der Waals surface area contributed by atoms with Gasteiger partial charge in [0, 0.05) is 31.9 Å². The fourth-order valence-corrected chi connectivity index (χ4v) is 2.58. The molecule has 0 radical (unpaired) electrons. The number of amides is 1. The van der Waals surface area contributed by atoms with E-state index >= 15 is 0 Å². The van der Waals surface area contributed by atoms with E-state index in [0.29, 0.717) is 18.5 Å². The third-order valence-electron chi connectivity index (χ3n) is 3.90. The highest BCUT2D eigenvalue weighted by Crippen LogP contribution is 2.13. The maximum atomic E-state index is 12.2. The molecule has 0 spiro atoms. The predicted molar refractivity (Wildman–Crippen MR) is 95.7 cm³/mol. The number of benzene rings is 2. The molecular formula is C18H20N4O2.